The van der Waals surface area contributed by atoms with Gasteiger partial charge in [0.25, 0.3) is 0 Å². The van der Waals surface area contributed by atoms with Crippen molar-refractivity contribution in [3.63, 3.8) is 0 Å². The Bertz CT molecular complexity index is 436. The summed E-state index contributed by atoms with van der Waals surface area (Å²) in [6, 6.07) is 11.8. The Kier molecular flexibility index (Phi) is 3.82. The Morgan fingerprint density at radius 1 is 0.765 bits per heavy atom. The second-order valence-electron chi connectivity index (χ2n) is 3.72. The zero-order valence-electron chi connectivity index (χ0n) is 8.94. The van der Waals surface area contributed by atoms with E-state index in [2.05, 4.69) is 0 Å². The fourth-order valence-electron chi connectivity index (χ4n) is 1.69. The van der Waals surface area contributed by atoms with Crippen LogP contribution in [0.4, 0.5) is 8.78 Å². The SMILES string of the molecule is [O-][PH2+]C(c1ccc(F)cc1)c1ccc(F)cc1. The summed E-state index contributed by atoms with van der Waals surface area (Å²) in [5, 5.41) is 0. The van der Waals surface area contributed by atoms with Gasteiger partial charge in [0.2, 0.25) is 0 Å². The zero-order chi connectivity index (χ0) is 12.3. The fraction of sp³-hybridized carbons (Fsp3) is 0.0769. The Hall–Kier alpha value is -1.31. The van der Waals surface area contributed by atoms with Crippen LogP contribution < -0.4 is 4.89 Å². The first-order valence-corrected chi connectivity index (χ1v) is 6.31. The summed E-state index contributed by atoms with van der Waals surface area (Å²) in [4.78, 5) is 11.3. The zero-order valence-corrected chi connectivity index (χ0v) is 10.1. The Morgan fingerprint density at radius 2 is 1.12 bits per heavy atom. The highest BCUT2D eigenvalue weighted by Gasteiger charge is 2.14. The highest BCUT2D eigenvalue weighted by molar-refractivity contribution is 7.30. The third-order valence-corrected chi connectivity index (χ3v) is 3.64. The average Bonchev–Trinajstić information content (AvgIpc) is 2.35. The van der Waals surface area contributed by atoms with Crippen molar-refractivity contribution in [2.45, 2.75) is 5.66 Å². The van der Waals surface area contributed by atoms with Gasteiger partial charge in [-0.3, -0.25) is 0 Å². The van der Waals surface area contributed by atoms with Crippen molar-refractivity contribution < 1.29 is 13.7 Å². The first-order chi connectivity index (χ1) is 8.20. The Morgan fingerprint density at radius 3 is 1.41 bits per heavy atom. The van der Waals surface area contributed by atoms with Crippen molar-refractivity contribution in [3.05, 3.63) is 71.3 Å². The van der Waals surface area contributed by atoms with Crippen LogP contribution in [0.2, 0.25) is 0 Å². The Balaban J connectivity index is 2.33. The molecule has 0 saturated heterocycles. The summed E-state index contributed by atoms with van der Waals surface area (Å²) in [5.74, 6) is -0.653. The van der Waals surface area contributed by atoms with Crippen LogP contribution in [-0.2, 0) is 0 Å². The number of hydrogen-bond acceptors (Lipinski definition) is 1. The second-order valence-corrected chi connectivity index (χ2v) is 4.66. The van der Waals surface area contributed by atoms with E-state index < -0.39 is 8.81 Å². The van der Waals surface area contributed by atoms with E-state index in [0.29, 0.717) is 0 Å². The van der Waals surface area contributed by atoms with Crippen molar-refractivity contribution in [1.82, 2.24) is 0 Å². The molecule has 1 atom stereocenters. The molecule has 0 aromatic heterocycles. The predicted molar refractivity (Wildman–Crippen MR) is 64.4 cm³/mol. The predicted octanol–water partition coefficient (Wildman–Crippen LogP) is 2.74. The molecule has 4 heteroatoms. The molecule has 0 spiro atoms. The van der Waals surface area contributed by atoms with Gasteiger partial charge >= 0.3 is 0 Å². The minimum atomic E-state index is -1.09. The average molecular weight is 252 g/mol. The minimum absolute atomic E-state index is 0.281. The van der Waals surface area contributed by atoms with Gasteiger partial charge in [-0.2, -0.15) is 0 Å². The van der Waals surface area contributed by atoms with Crippen molar-refractivity contribution >= 4 is 8.81 Å². The largest absolute Gasteiger partial charge is 0.682 e. The van der Waals surface area contributed by atoms with E-state index in [4.69, 9.17) is 0 Å². The quantitative estimate of drug-likeness (QED) is 0.770. The lowest BCUT2D eigenvalue weighted by Crippen LogP contribution is -2.00. The fourth-order valence-corrected chi connectivity index (χ4v) is 2.45. The molecular formula is C13H11F2OP. The van der Waals surface area contributed by atoms with Crippen LogP contribution in [-0.4, -0.2) is 0 Å². The van der Waals surface area contributed by atoms with E-state index in [0.717, 1.165) is 11.1 Å². The molecule has 0 amide bonds. The Labute approximate surface area is 100.0 Å². The van der Waals surface area contributed by atoms with E-state index in [1.807, 2.05) is 0 Å². The van der Waals surface area contributed by atoms with Gasteiger partial charge < -0.3 is 4.89 Å². The van der Waals surface area contributed by atoms with Crippen LogP contribution in [0.15, 0.2) is 48.5 Å². The van der Waals surface area contributed by atoms with Crippen LogP contribution in [0.3, 0.4) is 0 Å². The summed E-state index contributed by atoms with van der Waals surface area (Å²) in [7, 11) is -1.09. The molecule has 0 N–H and O–H groups in total. The van der Waals surface area contributed by atoms with Gasteiger partial charge in [0.1, 0.15) is 17.3 Å². The molecule has 0 aliphatic rings. The third-order valence-electron chi connectivity index (χ3n) is 2.59. The summed E-state index contributed by atoms with van der Waals surface area (Å²) in [5.41, 5.74) is 1.28. The summed E-state index contributed by atoms with van der Waals surface area (Å²) < 4.78 is 25.6. The molecular weight excluding hydrogens is 241 g/mol. The first-order valence-electron chi connectivity index (χ1n) is 5.17. The summed E-state index contributed by atoms with van der Waals surface area (Å²) in [6.45, 7) is 0. The molecule has 0 aliphatic carbocycles. The lowest BCUT2D eigenvalue weighted by atomic mass is 10.0. The topological polar surface area (TPSA) is 23.1 Å². The van der Waals surface area contributed by atoms with Crippen molar-refractivity contribution in [2.75, 3.05) is 0 Å². The standard InChI is InChI=1S/C13H11F2OP/c14-11-5-1-9(2-6-11)13(17-16)10-3-7-12(15)8-4-10/h1-8,13H,17H2. The van der Waals surface area contributed by atoms with Crippen molar-refractivity contribution in [1.29, 1.82) is 0 Å². The van der Waals surface area contributed by atoms with Gasteiger partial charge in [0.15, 0.2) is 0 Å². The maximum absolute atomic E-state index is 12.8. The number of benzene rings is 2. The van der Waals surface area contributed by atoms with E-state index in [1.54, 1.807) is 24.3 Å². The molecule has 0 heterocycles. The van der Waals surface area contributed by atoms with Gasteiger partial charge in [-0.25, -0.2) is 8.78 Å². The van der Waals surface area contributed by atoms with Gasteiger partial charge in [-0.05, 0) is 35.4 Å². The van der Waals surface area contributed by atoms with E-state index >= 15 is 0 Å². The van der Waals surface area contributed by atoms with Crippen LogP contribution >= 0.6 is 8.81 Å². The van der Waals surface area contributed by atoms with Crippen LogP contribution in [0.1, 0.15) is 16.8 Å². The van der Waals surface area contributed by atoms with Gasteiger partial charge in [-0.1, -0.05) is 33.1 Å². The third kappa shape index (κ3) is 2.87. The molecule has 2 aromatic carbocycles. The normalized spacial score (nSPS) is 11.5. The maximum Gasteiger partial charge on any atom is 0.123 e. The summed E-state index contributed by atoms with van der Waals surface area (Å²) in [6.07, 6.45) is 0. The molecule has 0 radical (unpaired) electrons. The van der Waals surface area contributed by atoms with Crippen molar-refractivity contribution in [3.8, 4) is 0 Å². The monoisotopic (exact) mass is 252 g/mol. The number of halogens is 2. The number of hydrogen-bond donors (Lipinski definition) is 0. The van der Waals surface area contributed by atoms with Crippen LogP contribution in [0, 0.1) is 11.6 Å². The smallest absolute Gasteiger partial charge is 0.123 e. The molecule has 0 fully saturated rings. The molecule has 88 valence electrons. The van der Waals surface area contributed by atoms with Crippen LogP contribution in [0.5, 0.6) is 0 Å². The van der Waals surface area contributed by atoms with Gasteiger partial charge in [0, 0.05) is 0 Å². The van der Waals surface area contributed by atoms with E-state index in [-0.39, 0.29) is 17.3 Å². The van der Waals surface area contributed by atoms with Crippen LogP contribution in [0.25, 0.3) is 0 Å². The molecule has 2 rings (SSSR count). The summed E-state index contributed by atoms with van der Waals surface area (Å²) >= 11 is 0. The van der Waals surface area contributed by atoms with Gasteiger partial charge in [0.05, 0.1) is 0 Å². The lowest BCUT2D eigenvalue weighted by Gasteiger charge is -2.14. The molecule has 1 unspecified atom stereocenters. The second kappa shape index (κ2) is 5.35. The molecule has 0 bridgehead atoms. The maximum atomic E-state index is 12.8. The van der Waals surface area contributed by atoms with Gasteiger partial charge in [-0.15, -0.1) is 0 Å². The first kappa shape index (κ1) is 12.2. The van der Waals surface area contributed by atoms with E-state index in [1.165, 1.54) is 24.3 Å². The lowest BCUT2D eigenvalue weighted by molar-refractivity contribution is -0.151. The molecule has 17 heavy (non-hydrogen) atoms. The number of rotatable bonds is 3. The minimum Gasteiger partial charge on any atom is -0.682 e. The highest BCUT2D eigenvalue weighted by Crippen LogP contribution is 2.35. The highest BCUT2D eigenvalue weighted by atomic mass is 31.1. The molecule has 1 nitrogen and oxygen atoms in total. The van der Waals surface area contributed by atoms with Crippen molar-refractivity contribution in [2.24, 2.45) is 0 Å². The molecule has 0 aliphatic heterocycles. The molecule has 0 saturated carbocycles. The molecule has 2 aromatic rings. The van der Waals surface area contributed by atoms with E-state index in [9.17, 15) is 13.7 Å².